The molecule has 1 saturated carbocycles. The summed E-state index contributed by atoms with van der Waals surface area (Å²) in [7, 11) is 0. The van der Waals surface area contributed by atoms with E-state index in [9.17, 15) is 4.39 Å². The van der Waals surface area contributed by atoms with Crippen LogP contribution in [0.4, 0.5) is 15.9 Å². The van der Waals surface area contributed by atoms with E-state index in [2.05, 4.69) is 30.4 Å². The van der Waals surface area contributed by atoms with Gasteiger partial charge in [0, 0.05) is 40.2 Å². The number of nitrogens with one attached hydrogen (secondary N) is 3. The highest BCUT2D eigenvalue weighted by Gasteiger charge is 2.29. The lowest BCUT2D eigenvalue weighted by molar-refractivity contribution is 0.195. The van der Waals surface area contributed by atoms with Crippen molar-refractivity contribution in [2.45, 2.75) is 49.6 Å². The van der Waals surface area contributed by atoms with E-state index in [-0.39, 0.29) is 11.9 Å². The molecular weight excluding hydrogens is 391 g/mol. The molecule has 1 aromatic carbocycles. The predicted molar refractivity (Wildman–Crippen MR) is 109 cm³/mol. The Hall–Kier alpha value is -2.65. The van der Waals surface area contributed by atoms with E-state index in [0.717, 1.165) is 35.4 Å². The molecule has 2 unspecified atom stereocenters. The Morgan fingerprint density at radius 1 is 1.28 bits per heavy atom. The minimum absolute atomic E-state index is 0.106. The largest absolute Gasteiger partial charge is 0.473 e. The smallest absolute Gasteiger partial charge is 0.236 e. The Labute approximate surface area is 172 Å². The number of rotatable bonds is 5. The van der Waals surface area contributed by atoms with E-state index in [0.29, 0.717) is 35.4 Å². The predicted octanol–water partition coefficient (Wildman–Crippen LogP) is 4.22. The molecule has 9 heteroatoms. The molecule has 1 aliphatic heterocycles. The zero-order chi connectivity index (χ0) is 19.8. The van der Waals surface area contributed by atoms with Gasteiger partial charge in [0.15, 0.2) is 11.6 Å². The Bertz CT molecular complexity index is 1040. The lowest BCUT2D eigenvalue weighted by Gasteiger charge is -2.13. The van der Waals surface area contributed by atoms with Gasteiger partial charge >= 0.3 is 0 Å². The van der Waals surface area contributed by atoms with E-state index >= 15 is 0 Å². The van der Waals surface area contributed by atoms with Gasteiger partial charge in [-0.05, 0) is 56.3 Å². The van der Waals surface area contributed by atoms with Gasteiger partial charge in [0.2, 0.25) is 5.88 Å². The molecule has 0 saturated heterocycles. The summed E-state index contributed by atoms with van der Waals surface area (Å²) in [5, 5.41) is 18.5. The number of ether oxygens (including phenoxy) is 1. The van der Waals surface area contributed by atoms with Crippen LogP contribution >= 0.6 is 11.9 Å². The molecule has 0 amide bonds. The van der Waals surface area contributed by atoms with Crippen LogP contribution < -0.4 is 14.8 Å². The van der Waals surface area contributed by atoms with E-state index in [1.165, 1.54) is 11.9 Å². The summed E-state index contributed by atoms with van der Waals surface area (Å²) in [4.78, 5) is 0.936. The Kier molecular flexibility index (Phi) is 4.84. The second kappa shape index (κ2) is 7.64. The van der Waals surface area contributed by atoms with Crippen molar-refractivity contribution in [1.29, 1.82) is 0 Å². The molecule has 2 aliphatic rings. The van der Waals surface area contributed by atoms with E-state index < -0.39 is 0 Å². The van der Waals surface area contributed by atoms with Crippen LogP contribution in [-0.4, -0.2) is 26.5 Å². The van der Waals surface area contributed by atoms with Gasteiger partial charge in [-0.25, -0.2) is 4.39 Å². The fourth-order valence-corrected chi connectivity index (χ4v) is 4.67. The molecule has 3 N–H and O–H groups in total. The van der Waals surface area contributed by atoms with E-state index in [4.69, 9.17) is 4.74 Å². The van der Waals surface area contributed by atoms with Gasteiger partial charge in [-0.2, -0.15) is 10.2 Å². The van der Waals surface area contributed by atoms with Gasteiger partial charge in [-0.15, -0.1) is 5.10 Å². The minimum Gasteiger partial charge on any atom is -0.473 e. The monoisotopic (exact) mass is 412 g/mol. The van der Waals surface area contributed by atoms with Gasteiger partial charge in [0.1, 0.15) is 6.10 Å². The topological polar surface area (TPSA) is 87.8 Å². The second-order valence-corrected chi connectivity index (χ2v) is 8.36. The van der Waals surface area contributed by atoms with Gasteiger partial charge < -0.3 is 10.1 Å². The molecule has 1 fully saturated rings. The van der Waals surface area contributed by atoms with Gasteiger partial charge in [-0.1, -0.05) is 0 Å². The van der Waals surface area contributed by atoms with Crippen LogP contribution in [0, 0.1) is 12.7 Å². The molecule has 2 atom stereocenters. The number of aromatic amines is 1. The van der Waals surface area contributed by atoms with Crippen molar-refractivity contribution in [3.8, 4) is 5.88 Å². The van der Waals surface area contributed by atoms with Crippen LogP contribution in [0.3, 0.4) is 0 Å². The average Bonchev–Trinajstić information content (AvgIpc) is 3.46. The molecule has 3 aromatic rings. The maximum absolute atomic E-state index is 14.7. The highest BCUT2D eigenvalue weighted by Crippen LogP contribution is 2.37. The maximum atomic E-state index is 14.7. The first-order valence-corrected chi connectivity index (χ1v) is 10.5. The number of fused-ring (bicyclic) bond motifs is 1. The van der Waals surface area contributed by atoms with Gasteiger partial charge in [0.05, 0.1) is 11.9 Å². The van der Waals surface area contributed by atoms with Crippen molar-refractivity contribution >= 4 is 23.5 Å². The number of aryl methyl sites for hydroxylation is 1. The van der Waals surface area contributed by atoms with Crippen LogP contribution in [-0.2, 0) is 6.54 Å². The number of hydrogen-bond donors (Lipinski definition) is 3. The summed E-state index contributed by atoms with van der Waals surface area (Å²) in [6.45, 7) is 2.50. The summed E-state index contributed by atoms with van der Waals surface area (Å²) >= 11 is 1.46. The lowest BCUT2D eigenvalue weighted by atomic mass is 10.0. The van der Waals surface area contributed by atoms with Crippen LogP contribution in [0.15, 0.2) is 35.4 Å². The molecule has 5 rings (SSSR count). The number of halogens is 1. The number of anilines is 2. The van der Waals surface area contributed by atoms with Crippen molar-refractivity contribution in [3.63, 3.8) is 0 Å². The molecule has 1 aliphatic carbocycles. The first-order valence-electron chi connectivity index (χ1n) is 9.65. The zero-order valence-electron chi connectivity index (χ0n) is 15.9. The lowest BCUT2D eigenvalue weighted by Crippen LogP contribution is -2.14. The number of benzene rings is 1. The molecule has 7 nitrogen and oxygen atoms in total. The first-order chi connectivity index (χ1) is 14.2. The van der Waals surface area contributed by atoms with E-state index in [1.807, 2.05) is 25.1 Å². The SMILES string of the molecule is Cc1ccnnc1OC1CCC(c2cc(Nc3ccc4c(c3F)CNS4)n[nH]2)C1. The zero-order valence-corrected chi connectivity index (χ0v) is 16.7. The molecule has 0 radical (unpaired) electrons. The van der Waals surface area contributed by atoms with Crippen molar-refractivity contribution in [1.82, 2.24) is 25.1 Å². The van der Waals surface area contributed by atoms with Crippen molar-refractivity contribution < 1.29 is 9.13 Å². The summed E-state index contributed by atoms with van der Waals surface area (Å²) in [6.07, 6.45) is 4.61. The quantitative estimate of drug-likeness (QED) is 0.541. The fraction of sp³-hybridized carbons (Fsp3) is 0.350. The molecule has 3 heterocycles. The van der Waals surface area contributed by atoms with Crippen LogP contribution in [0.1, 0.15) is 42.0 Å². The number of H-pyrrole nitrogens is 1. The van der Waals surface area contributed by atoms with Gasteiger partial charge in [-0.3, -0.25) is 9.82 Å². The third-order valence-corrected chi connectivity index (χ3v) is 6.36. The highest BCUT2D eigenvalue weighted by molar-refractivity contribution is 7.97. The van der Waals surface area contributed by atoms with Crippen molar-refractivity contribution in [3.05, 3.63) is 53.1 Å². The maximum Gasteiger partial charge on any atom is 0.236 e. The standard InChI is InChI=1S/C20H21FN6OS/c1-11-6-7-22-27-20(11)28-13-3-2-12(8-13)16-9-18(26-25-16)24-15-4-5-17-14(19(15)21)10-23-29-17/h4-7,9,12-13,23H,2-3,8,10H2,1H3,(H2,24,25,26). The van der Waals surface area contributed by atoms with Crippen molar-refractivity contribution in [2.24, 2.45) is 0 Å². The first kappa shape index (κ1) is 18.4. The summed E-state index contributed by atoms with van der Waals surface area (Å²) in [5.41, 5.74) is 3.16. The molecule has 150 valence electrons. The minimum atomic E-state index is -0.224. The van der Waals surface area contributed by atoms with E-state index in [1.54, 1.807) is 12.3 Å². The number of aromatic nitrogens is 4. The molecule has 0 bridgehead atoms. The Morgan fingerprint density at radius 2 is 2.21 bits per heavy atom. The summed E-state index contributed by atoms with van der Waals surface area (Å²) < 4.78 is 23.8. The average molecular weight is 412 g/mol. The van der Waals surface area contributed by atoms with Gasteiger partial charge in [0.25, 0.3) is 0 Å². The summed E-state index contributed by atoms with van der Waals surface area (Å²) in [5.74, 6) is 1.32. The number of hydrogen-bond acceptors (Lipinski definition) is 7. The third-order valence-electron chi connectivity index (χ3n) is 5.47. The molecule has 0 spiro atoms. The Morgan fingerprint density at radius 3 is 3.10 bits per heavy atom. The van der Waals surface area contributed by atoms with Crippen LogP contribution in [0.2, 0.25) is 0 Å². The van der Waals surface area contributed by atoms with Crippen LogP contribution in [0.25, 0.3) is 0 Å². The van der Waals surface area contributed by atoms with Crippen LogP contribution in [0.5, 0.6) is 5.88 Å². The van der Waals surface area contributed by atoms with Crippen molar-refractivity contribution in [2.75, 3.05) is 5.32 Å². The summed E-state index contributed by atoms with van der Waals surface area (Å²) in [6, 6.07) is 7.53. The second-order valence-electron chi connectivity index (χ2n) is 7.43. The normalized spacial score (nSPS) is 20.6. The Balaban J connectivity index is 1.25. The number of nitrogens with zero attached hydrogens (tertiary/aromatic N) is 3. The highest BCUT2D eigenvalue weighted by atomic mass is 32.2. The molecular formula is C20H21FN6OS. The fourth-order valence-electron chi connectivity index (χ4n) is 3.88. The molecule has 2 aromatic heterocycles. The third kappa shape index (κ3) is 3.67. The molecule has 29 heavy (non-hydrogen) atoms.